The number of carboxylic acid groups (broad SMARTS) is 1. The minimum absolute atomic E-state index is 0.172. The molecule has 0 rings (SSSR count). The van der Waals surface area contributed by atoms with E-state index >= 15 is 0 Å². The fraction of sp³-hybridized carbons (Fsp3) is 0.833. The van der Waals surface area contributed by atoms with Crippen LogP contribution in [-0.4, -0.2) is 79.1 Å². The van der Waals surface area contributed by atoms with Gasteiger partial charge in [0.05, 0.1) is 18.1 Å². The summed E-state index contributed by atoms with van der Waals surface area (Å²) in [4.78, 5) is 46.7. The Hall–Kier alpha value is -2.32. The molecule has 0 aromatic carbocycles. The molecule has 0 aliphatic heterocycles. The molecule has 37 heavy (non-hydrogen) atoms. The molecule has 4 atom stereocenters. The highest BCUT2D eigenvalue weighted by molar-refractivity contribution is 5.82. The number of nitrogens with two attached hydrogens (primary N) is 5. The molecule has 0 aliphatic rings. The van der Waals surface area contributed by atoms with Crippen molar-refractivity contribution in [2.24, 2.45) is 28.7 Å². The minimum Gasteiger partial charge on any atom is -0.480 e. The second kappa shape index (κ2) is 21.7. The summed E-state index contributed by atoms with van der Waals surface area (Å²) in [6, 6.07) is -2.66. The molecule has 3 amide bonds. The van der Waals surface area contributed by atoms with E-state index in [-0.39, 0.29) is 17.7 Å². The maximum atomic E-state index is 12.1. The van der Waals surface area contributed by atoms with Gasteiger partial charge in [0.25, 0.3) is 0 Å². The summed E-state index contributed by atoms with van der Waals surface area (Å²) in [5.74, 6) is -1.68. The van der Waals surface area contributed by atoms with Gasteiger partial charge in [-0.25, -0.2) is 0 Å². The zero-order valence-corrected chi connectivity index (χ0v) is 22.1. The number of carboxylic acids is 1. The maximum absolute atomic E-state index is 12.1. The SMILES string of the molecule is NCCCC[C@H](N)C(=O)NCCCC[C@H](N)C(=O)NCCCC[C@H](N)C(=O)NCCCC[C@H](N)C(=O)O. The van der Waals surface area contributed by atoms with Crippen LogP contribution in [0.15, 0.2) is 0 Å². The summed E-state index contributed by atoms with van der Waals surface area (Å²) in [6.07, 6.45) is 7.63. The number of amides is 3. The van der Waals surface area contributed by atoms with Gasteiger partial charge in [0.15, 0.2) is 0 Å². The maximum Gasteiger partial charge on any atom is 0.320 e. The Balaban J connectivity index is 3.77. The highest BCUT2D eigenvalue weighted by Gasteiger charge is 2.16. The molecule has 0 radical (unpaired) electrons. The van der Waals surface area contributed by atoms with Crippen molar-refractivity contribution in [2.45, 2.75) is 101 Å². The van der Waals surface area contributed by atoms with Crippen molar-refractivity contribution in [3.8, 4) is 0 Å². The molecule has 216 valence electrons. The second-order valence-electron chi connectivity index (χ2n) is 9.41. The van der Waals surface area contributed by atoms with Crippen molar-refractivity contribution < 1.29 is 24.3 Å². The molecule has 0 heterocycles. The first-order chi connectivity index (χ1) is 17.6. The molecule has 0 saturated carbocycles. The van der Waals surface area contributed by atoms with E-state index < -0.39 is 30.1 Å². The Bertz CT molecular complexity index is 667. The molecule has 0 aliphatic carbocycles. The molecule has 13 heteroatoms. The van der Waals surface area contributed by atoms with Gasteiger partial charge in [0.2, 0.25) is 17.7 Å². The molecular formula is C24H50N8O5. The van der Waals surface area contributed by atoms with Gasteiger partial charge in [-0.05, 0) is 77.2 Å². The van der Waals surface area contributed by atoms with E-state index in [0.717, 1.165) is 12.8 Å². The van der Waals surface area contributed by atoms with Crippen LogP contribution in [0.3, 0.4) is 0 Å². The number of carbonyl (C=O) groups excluding carboxylic acids is 3. The zero-order chi connectivity index (χ0) is 28.1. The first kappa shape index (κ1) is 34.7. The summed E-state index contributed by atoms with van der Waals surface area (Å²) in [5, 5.41) is 17.1. The predicted molar refractivity (Wildman–Crippen MR) is 143 cm³/mol. The smallest absolute Gasteiger partial charge is 0.320 e. The summed E-state index contributed by atoms with van der Waals surface area (Å²) < 4.78 is 0. The largest absolute Gasteiger partial charge is 0.480 e. The molecule has 0 fully saturated rings. The van der Waals surface area contributed by atoms with Crippen LogP contribution in [0.2, 0.25) is 0 Å². The summed E-state index contributed by atoms with van der Waals surface area (Å²) in [6.45, 7) is 1.95. The van der Waals surface area contributed by atoms with Crippen LogP contribution in [0, 0.1) is 0 Å². The lowest BCUT2D eigenvalue weighted by atomic mass is 10.1. The predicted octanol–water partition coefficient (Wildman–Crippen LogP) is -1.63. The lowest BCUT2D eigenvalue weighted by Gasteiger charge is -2.14. The van der Waals surface area contributed by atoms with Crippen molar-refractivity contribution in [1.29, 1.82) is 0 Å². The standard InChI is InChI=1S/C24H50N8O5/c25-13-5-1-9-17(26)21(33)30-14-6-2-10-18(27)22(34)31-15-7-3-11-19(28)23(35)32-16-8-4-12-20(29)24(36)37/h17-20H,1-16,25-29H2,(H,30,33)(H,31,34)(H,32,35)(H,36,37)/t17-,18-,19-,20-/m0/s1. The number of nitrogens with one attached hydrogen (secondary N) is 3. The summed E-state index contributed by atoms with van der Waals surface area (Å²) in [5.41, 5.74) is 28.5. The Morgan fingerprint density at radius 3 is 1.11 bits per heavy atom. The fourth-order valence-electron chi connectivity index (χ4n) is 3.52. The number of aliphatic carboxylic acids is 1. The molecule has 0 saturated heterocycles. The van der Waals surface area contributed by atoms with Crippen molar-refractivity contribution in [1.82, 2.24) is 16.0 Å². The summed E-state index contributed by atoms with van der Waals surface area (Å²) in [7, 11) is 0. The van der Waals surface area contributed by atoms with Crippen LogP contribution in [0.25, 0.3) is 0 Å². The number of hydrogen-bond donors (Lipinski definition) is 9. The van der Waals surface area contributed by atoms with Crippen molar-refractivity contribution in [3.63, 3.8) is 0 Å². The third-order valence-electron chi connectivity index (χ3n) is 6.02. The van der Waals surface area contributed by atoms with Gasteiger partial charge < -0.3 is 49.7 Å². The van der Waals surface area contributed by atoms with E-state index in [2.05, 4.69) is 16.0 Å². The number of carbonyl (C=O) groups is 4. The molecule has 14 N–H and O–H groups in total. The molecule has 0 spiro atoms. The second-order valence-corrected chi connectivity index (χ2v) is 9.41. The van der Waals surface area contributed by atoms with E-state index in [1.165, 1.54) is 0 Å². The van der Waals surface area contributed by atoms with Gasteiger partial charge in [0.1, 0.15) is 6.04 Å². The highest BCUT2D eigenvalue weighted by atomic mass is 16.4. The average Bonchev–Trinajstić information content (AvgIpc) is 2.87. The lowest BCUT2D eigenvalue weighted by Crippen LogP contribution is -2.42. The van der Waals surface area contributed by atoms with Crippen molar-refractivity contribution in [2.75, 3.05) is 26.2 Å². The first-order valence-electron chi connectivity index (χ1n) is 13.4. The first-order valence-corrected chi connectivity index (χ1v) is 13.4. The van der Waals surface area contributed by atoms with Gasteiger partial charge >= 0.3 is 5.97 Å². The minimum atomic E-state index is -1.03. The van der Waals surface area contributed by atoms with Crippen molar-refractivity contribution >= 4 is 23.7 Å². The Morgan fingerprint density at radius 2 is 0.811 bits per heavy atom. The Kier molecular flexibility index (Phi) is 20.4. The molecule has 13 nitrogen and oxygen atoms in total. The van der Waals surface area contributed by atoms with E-state index in [1.54, 1.807) is 0 Å². The van der Waals surface area contributed by atoms with Crippen LogP contribution in [0.5, 0.6) is 0 Å². The molecule has 0 bridgehead atoms. The molecule has 0 unspecified atom stereocenters. The van der Waals surface area contributed by atoms with E-state index in [4.69, 9.17) is 33.8 Å². The number of unbranched alkanes of at least 4 members (excludes halogenated alkanes) is 4. The van der Waals surface area contributed by atoms with Gasteiger partial charge in [-0.3, -0.25) is 19.2 Å². The third kappa shape index (κ3) is 18.6. The van der Waals surface area contributed by atoms with Crippen LogP contribution in [-0.2, 0) is 19.2 Å². The monoisotopic (exact) mass is 530 g/mol. The summed E-state index contributed by atoms with van der Waals surface area (Å²) >= 11 is 0. The van der Waals surface area contributed by atoms with Gasteiger partial charge in [-0.2, -0.15) is 0 Å². The molecule has 0 aromatic heterocycles. The fourth-order valence-corrected chi connectivity index (χ4v) is 3.52. The number of rotatable bonds is 23. The number of hydrogen-bond acceptors (Lipinski definition) is 9. The van der Waals surface area contributed by atoms with Crippen LogP contribution in [0.1, 0.15) is 77.0 Å². The normalized spacial score (nSPS) is 14.3. The third-order valence-corrected chi connectivity index (χ3v) is 6.02. The van der Waals surface area contributed by atoms with E-state index in [9.17, 15) is 19.2 Å². The topological polar surface area (TPSA) is 255 Å². The molecular weight excluding hydrogens is 480 g/mol. The molecule has 0 aromatic rings. The Labute approximate surface area is 220 Å². The van der Waals surface area contributed by atoms with Gasteiger partial charge in [-0.1, -0.05) is 6.42 Å². The quantitative estimate of drug-likeness (QED) is 0.0681. The van der Waals surface area contributed by atoms with E-state index in [0.29, 0.717) is 90.4 Å². The van der Waals surface area contributed by atoms with Crippen LogP contribution >= 0.6 is 0 Å². The average molecular weight is 531 g/mol. The highest BCUT2D eigenvalue weighted by Crippen LogP contribution is 2.03. The zero-order valence-electron chi connectivity index (χ0n) is 22.1. The Morgan fingerprint density at radius 1 is 0.514 bits per heavy atom. The lowest BCUT2D eigenvalue weighted by molar-refractivity contribution is -0.138. The van der Waals surface area contributed by atoms with Crippen LogP contribution in [0.4, 0.5) is 0 Å². The van der Waals surface area contributed by atoms with Gasteiger partial charge in [-0.15, -0.1) is 0 Å². The van der Waals surface area contributed by atoms with Crippen LogP contribution < -0.4 is 44.6 Å². The van der Waals surface area contributed by atoms with Gasteiger partial charge in [0, 0.05) is 19.6 Å². The van der Waals surface area contributed by atoms with E-state index in [1.807, 2.05) is 0 Å². The van der Waals surface area contributed by atoms with Crippen molar-refractivity contribution in [3.05, 3.63) is 0 Å².